The van der Waals surface area contributed by atoms with Crippen LogP contribution in [0.2, 0.25) is 0 Å². The molecule has 0 amide bonds. The maximum atomic E-state index is 9.28. The zero-order valence-electron chi connectivity index (χ0n) is 19.1. The second-order valence-corrected chi connectivity index (χ2v) is 9.07. The van der Waals surface area contributed by atoms with E-state index in [4.69, 9.17) is 9.72 Å². The van der Waals surface area contributed by atoms with Crippen LogP contribution in [0.1, 0.15) is 18.4 Å². The molecule has 0 saturated carbocycles. The van der Waals surface area contributed by atoms with Crippen LogP contribution in [0.15, 0.2) is 67.1 Å². The fraction of sp³-hybridized carbons (Fsp3) is 0.250. The molecule has 0 radical (unpaired) electrons. The second-order valence-electron chi connectivity index (χ2n) is 9.07. The number of aromatic nitrogens is 4. The van der Waals surface area contributed by atoms with Gasteiger partial charge in [-0.3, -0.25) is 9.67 Å². The first-order valence-corrected chi connectivity index (χ1v) is 11.7. The molecule has 0 bridgehead atoms. The van der Waals surface area contributed by atoms with Crippen LogP contribution in [0.5, 0.6) is 0 Å². The van der Waals surface area contributed by atoms with Gasteiger partial charge in [-0.2, -0.15) is 10.4 Å². The normalized spacial score (nSPS) is 14.6. The summed E-state index contributed by atoms with van der Waals surface area (Å²) in [6, 6.07) is 18.5. The van der Waals surface area contributed by atoms with Gasteiger partial charge in [0.15, 0.2) is 0 Å². The van der Waals surface area contributed by atoms with E-state index in [1.807, 2.05) is 48.4 Å². The van der Waals surface area contributed by atoms with Crippen LogP contribution in [0.3, 0.4) is 0 Å². The van der Waals surface area contributed by atoms with Crippen molar-refractivity contribution in [1.29, 1.82) is 5.26 Å². The van der Waals surface area contributed by atoms with Gasteiger partial charge in [0.1, 0.15) is 0 Å². The Kier molecular flexibility index (Phi) is 5.12. The topological polar surface area (TPSA) is 68.7 Å². The Hall–Kier alpha value is -3.95. The number of fused-ring (bicyclic) bond motifs is 2. The number of benzene rings is 2. The van der Waals surface area contributed by atoms with Gasteiger partial charge >= 0.3 is 0 Å². The lowest BCUT2D eigenvalue weighted by atomic mass is 9.95. The van der Waals surface area contributed by atoms with Gasteiger partial charge in [-0.05, 0) is 54.7 Å². The molecule has 6 heteroatoms. The molecule has 6 nitrogen and oxygen atoms in total. The summed E-state index contributed by atoms with van der Waals surface area (Å²) in [7, 11) is 1.94. The Balaban J connectivity index is 1.52. The van der Waals surface area contributed by atoms with Crippen LogP contribution in [0, 0.1) is 17.2 Å². The average Bonchev–Trinajstić information content (AvgIpc) is 3.46. The number of aryl methyl sites for hydroxylation is 1. The van der Waals surface area contributed by atoms with E-state index < -0.39 is 0 Å². The van der Waals surface area contributed by atoms with Crippen molar-refractivity contribution in [3.63, 3.8) is 0 Å². The van der Waals surface area contributed by atoms with Crippen molar-refractivity contribution in [2.24, 2.45) is 13.0 Å². The predicted molar refractivity (Wildman–Crippen MR) is 133 cm³/mol. The molecule has 0 spiro atoms. The molecule has 0 unspecified atom stereocenters. The van der Waals surface area contributed by atoms with Crippen LogP contribution in [0.25, 0.3) is 44.2 Å². The largest absolute Gasteiger partial charge is 0.381 e. The summed E-state index contributed by atoms with van der Waals surface area (Å²) in [6.07, 6.45) is 8.41. The molecule has 6 rings (SSSR count). The zero-order chi connectivity index (χ0) is 23.1. The summed E-state index contributed by atoms with van der Waals surface area (Å²) < 4.78 is 9.72. The number of nitriles is 1. The van der Waals surface area contributed by atoms with Crippen molar-refractivity contribution >= 4 is 21.8 Å². The maximum absolute atomic E-state index is 9.28. The van der Waals surface area contributed by atoms with Crippen LogP contribution in [-0.4, -0.2) is 32.5 Å². The van der Waals surface area contributed by atoms with Crippen LogP contribution in [-0.2, 0) is 18.3 Å². The summed E-state index contributed by atoms with van der Waals surface area (Å²) in [5, 5.41) is 16.1. The third-order valence-corrected chi connectivity index (χ3v) is 6.82. The van der Waals surface area contributed by atoms with Gasteiger partial charge in [0.2, 0.25) is 0 Å². The fourth-order valence-corrected chi connectivity index (χ4v) is 5.04. The Morgan fingerprint density at radius 1 is 1.06 bits per heavy atom. The molecule has 1 fully saturated rings. The molecular weight excluding hydrogens is 422 g/mol. The van der Waals surface area contributed by atoms with Crippen LogP contribution >= 0.6 is 0 Å². The molecule has 5 aromatic rings. The van der Waals surface area contributed by atoms with E-state index in [0.717, 1.165) is 71.4 Å². The van der Waals surface area contributed by atoms with Crippen molar-refractivity contribution in [2.75, 3.05) is 13.2 Å². The summed E-state index contributed by atoms with van der Waals surface area (Å²) in [5.41, 5.74) is 6.90. The number of nitrogens with zero attached hydrogens (tertiary/aromatic N) is 5. The third kappa shape index (κ3) is 3.64. The van der Waals surface area contributed by atoms with Crippen molar-refractivity contribution < 1.29 is 4.74 Å². The highest BCUT2D eigenvalue weighted by Crippen LogP contribution is 2.38. The van der Waals surface area contributed by atoms with Crippen molar-refractivity contribution in [3.05, 3.63) is 72.7 Å². The van der Waals surface area contributed by atoms with E-state index in [-0.39, 0.29) is 0 Å². The van der Waals surface area contributed by atoms with E-state index in [1.54, 1.807) is 0 Å². The minimum absolute atomic E-state index is 0.621. The summed E-state index contributed by atoms with van der Waals surface area (Å²) in [6.45, 7) is 2.67. The molecule has 0 atom stereocenters. The van der Waals surface area contributed by atoms with Gasteiger partial charge in [0.05, 0.1) is 34.6 Å². The number of hydrogen-bond acceptors (Lipinski definition) is 4. The summed E-state index contributed by atoms with van der Waals surface area (Å²) >= 11 is 0. The predicted octanol–water partition coefficient (Wildman–Crippen LogP) is 5.56. The number of rotatable bonds is 4. The van der Waals surface area contributed by atoms with Gasteiger partial charge in [-0.15, -0.1) is 0 Å². The van der Waals surface area contributed by atoms with E-state index >= 15 is 0 Å². The first-order valence-electron chi connectivity index (χ1n) is 11.7. The Morgan fingerprint density at radius 2 is 1.85 bits per heavy atom. The highest BCUT2D eigenvalue weighted by Gasteiger charge is 2.19. The van der Waals surface area contributed by atoms with E-state index in [2.05, 4.69) is 46.2 Å². The third-order valence-electron chi connectivity index (χ3n) is 6.82. The molecule has 1 aliphatic heterocycles. The Morgan fingerprint density at radius 3 is 2.65 bits per heavy atom. The van der Waals surface area contributed by atoms with E-state index in [9.17, 15) is 5.26 Å². The maximum Gasteiger partial charge on any atom is 0.0991 e. The fourth-order valence-electron chi connectivity index (χ4n) is 5.04. The number of ether oxygens (including phenoxy) is 1. The summed E-state index contributed by atoms with van der Waals surface area (Å²) in [5.74, 6) is 0.621. The Bertz CT molecular complexity index is 1530. The average molecular weight is 448 g/mol. The molecule has 0 aliphatic carbocycles. The lowest BCUT2D eigenvalue weighted by molar-refractivity contribution is 0.0616. The quantitative estimate of drug-likeness (QED) is 0.362. The molecule has 1 aliphatic rings. The van der Waals surface area contributed by atoms with Crippen molar-refractivity contribution in [1.82, 2.24) is 19.3 Å². The Labute approximate surface area is 198 Å². The molecule has 1 saturated heterocycles. The molecule has 0 N–H and O–H groups in total. The highest BCUT2D eigenvalue weighted by molar-refractivity contribution is 6.02. The van der Waals surface area contributed by atoms with Gasteiger partial charge in [0, 0.05) is 61.1 Å². The lowest BCUT2D eigenvalue weighted by Gasteiger charge is -2.23. The van der Waals surface area contributed by atoms with E-state index in [0.29, 0.717) is 11.5 Å². The number of pyridine rings is 1. The van der Waals surface area contributed by atoms with E-state index in [1.165, 1.54) is 5.39 Å². The molecule has 4 heterocycles. The summed E-state index contributed by atoms with van der Waals surface area (Å²) in [4.78, 5) is 5.00. The molecular formula is C28H25N5O. The van der Waals surface area contributed by atoms with Crippen LogP contribution in [0.4, 0.5) is 0 Å². The van der Waals surface area contributed by atoms with Gasteiger partial charge in [-0.1, -0.05) is 18.2 Å². The van der Waals surface area contributed by atoms with Crippen molar-refractivity contribution in [3.8, 4) is 28.5 Å². The number of hydrogen-bond donors (Lipinski definition) is 0. The first kappa shape index (κ1) is 20.6. The van der Waals surface area contributed by atoms with Crippen molar-refractivity contribution in [2.45, 2.75) is 19.4 Å². The highest BCUT2D eigenvalue weighted by atomic mass is 16.5. The lowest BCUT2D eigenvalue weighted by Crippen LogP contribution is -2.20. The monoisotopic (exact) mass is 447 g/mol. The zero-order valence-corrected chi connectivity index (χ0v) is 19.1. The second kappa shape index (κ2) is 8.44. The first-order chi connectivity index (χ1) is 16.7. The van der Waals surface area contributed by atoms with Gasteiger partial charge in [0.25, 0.3) is 0 Å². The van der Waals surface area contributed by atoms with Gasteiger partial charge in [-0.25, -0.2) is 0 Å². The minimum Gasteiger partial charge on any atom is -0.381 e. The SMILES string of the molecule is Cn1cc2cc(-c3ncc4c(ccn4CC4CCOCC4)c3-c3ccc(C#N)cc3)ccc2n1. The smallest absolute Gasteiger partial charge is 0.0991 e. The molecule has 3 aromatic heterocycles. The molecule has 168 valence electrons. The van der Waals surface area contributed by atoms with Gasteiger partial charge < -0.3 is 9.30 Å². The minimum atomic E-state index is 0.621. The molecule has 34 heavy (non-hydrogen) atoms. The molecule has 2 aromatic carbocycles. The standard InChI is InChI=1S/C28H25N5O/c1-32-18-23-14-22(6-7-25(23)31-32)28-27(21-4-2-19(15-29)3-5-21)24-8-11-33(26(24)16-30-28)17-20-9-12-34-13-10-20/h2-8,11,14,16,18,20H,9-10,12-13,17H2,1H3. The van der Waals surface area contributed by atoms with Crippen LogP contribution < -0.4 is 0 Å².